The van der Waals surface area contributed by atoms with Crippen LogP contribution < -0.4 is 5.32 Å². The standard InChI is InChI=1S/C24H26ClN3O2/c1-5-8-18-19(9-6-2)23(16-10-12-17(25)13-11-16)27-20(14-21(29)26-7-3)24-22(18)15(4)28-30-24/h5-6,8-13,20H,7,14H2,1-4H3,(H,26,29)/b8-5-,9-6-/t20-/m0/s1. The van der Waals surface area contributed by atoms with Crippen LogP contribution in [0.1, 0.15) is 55.8 Å². The lowest BCUT2D eigenvalue weighted by atomic mass is 9.92. The Morgan fingerprint density at radius 1 is 1.17 bits per heavy atom. The van der Waals surface area contributed by atoms with Crippen molar-refractivity contribution in [2.45, 2.75) is 40.2 Å². The summed E-state index contributed by atoms with van der Waals surface area (Å²) in [7, 11) is 0. The second-order valence-corrected chi connectivity index (χ2v) is 7.43. The van der Waals surface area contributed by atoms with Crippen molar-refractivity contribution in [2.24, 2.45) is 4.99 Å². The van der Waals surface area contributed by atoms with E-state index in [9.17, 15) is 4.79 Å². The molecule has 0 aliphatic carbocycles. The SMILES string of the molecule is C/C=C\C1=C(/C=C\C)c2c(C)noc2[C@H](CC(=O)NCC)N=C1c1ccc(Cl)cc1. The summed E-state index contributed by atoms with van der Waals surface area (Å²) in [5.74, 6) is 0.529. The fraction of sp³-hybridized carbons (Fsp3) is 0.292. The number of halogens is 1. The summed E-state index contributed by atoms with van der Waals surface area (Å²) in [6.07, 6.45) is 8.22. The van der Waals surface area contributed by atoms with Crippen LogP contribution in [0.2, 0.25) is 5.02 Å². The Bertz CT molecular complexity index is 1040. The normalized spacial score (nSPS) is 16.7. The largest absolute Gasteiger partial charge is 0.358 e. The van der Waals surface area contributed by atoms with Crippen LogP contribution in [0, 0.1) is 6.92 Å². The van der Waals surface area contributed by atoms with Crippen LogP contribution in [0.4, 0.5) is 0 Å². The van der Waals surface area contributed by atoms with Gasteiger partial charge < -0.3 is 9.84 Å². The predicted octanol–water partition coefficient (Wildman–Crippen LogP) is 5.61. The summed E-state index contributed by atoms with van der Waals surface area (Å²) in [6.45, 7) is 8.31. The van der Waals surface area contributed by atoms with E-state index in [-0.39, 0.29) is 12.3 Å². The van der Waals surface area contributed by atoms with Gasteiger partial charge in [-0.25, -0.2) is 0 Å². The lowest BCUT2D eigenvalue weighted by Crippen LogP contribution is -2.24. The van der Waals surface area contributed by atoms with Crippen molar-refractivity contribution >= 4 is 28.8 Å². The number of carbonyl (C=O) groups excluding carboxylic acids is 1. The van der Waals surface area contributed by atoms with Gasteiger partial charge in [-0.15, -0.1) is 0 Å². The first-order chi connectivity index (χ1) is 14.5. The van der Waals surface area contributed by atoms with E-state index in [2.05, 4.69) is 10.5 Å². The molecule has 2 heterocycles. The quantitative estimate of drug-likeness (QED) is 0.656. The Balaban J connectivity index is 2.30. The van der Waals surface area contributed by atoms with Crippen molar-refractivity contribution in [3.8, 4) is 0 Å². The first-order valence-corrected chi connectivity index (χ1v) is 10.4. The molecule has 1 aliphatic heterocycles. The minimum Gasteiger partial charge on any atom is -0.358 e. The molecule has 3 rings (SSSR count). The number of hydrogen-bond donors (Lipinski definition) is 1. The lowest BCUT2D eigenvalue weighted by Gasteiger charge is -2.13. The van der Waals surface area contributed by atoms with E-state index in [1.807, 2.05) is 76.3 Å². The number of allylic oxidation sites excluding steroid dienone is 6. The summed E-state index contributed by atoms with van der Waals surface area (Å²) in [6, 6.07) is 7.09. The number of hydrogen-bond acceptors (Lipinski definition) is 4. The van der Waals surface area contributed by atoms with Gasteiger partial charge in [0.1, 0.15) is 6.04 Å². The average Bonchev–Trinajstić information content (AvgIpc) is 3.05. The predicted molar refractivity (Wildman–Crippen MR) is 122 cm³/mol. The van der Waals surface area contributed by atoms with Gasteiger partial charge in [-0.05, 0) is 45.4 Å². The molecule has 0 bridgehead atoms. The van der Waals surface area contributed by atoms with Crippen LogP contribution in [0.3, 0.4) is 0 Å². The summed E-state index contributed by atoms with van der Waals surface area (Å²) in [4.78, 5) is 17.5. The van der Waals surface area contributed by atoms with Crippen LogP contribution in [0.5, 0.6) is 0 Å². The van der Waals surface area contributed by atoms with Gasteiger partial charge in [0.05, 0.1) is 23.4 Å². The lowest BCUT2D eigenvalue weighted by molar-refractivity contribution is -0.121. The number of nitrogens with one attached hydrogen (secondary N) is 1. The topological polar surface area (TPSA) is 67.5 Å². The third kappa shape index (κ3) is 4.46. The van der Waals surface area contributed by atoms with Gasteiger partial charge in [0, 0.05) is 22.7 Å². The molecule has 0 spiro atoms. The molecule has 0 fully saturated rings. The Morgan fingerprint density at radius 2 is 1.83 bits per heavy atom. The number of benzene rings is 1. The van der Waals surface area contributed by atoms with Gasteiger partial charge in [-0.3, -0.25) is 9.79 Å². The maximum Gasteiger partial charge on any atom is 0.222 e. The van der Waals surface area contributed by atoms with E-state index in [1.165, 1.54) is 0 Å². The van der Waals surface area contributed by atoms with Crippen molar-refractivity contribution in [1.82, 2.24) is 10.5 Å². The average molecular weight is 424 g/mol. The third-order valence-corrected chi connectivity index (χ3v) is 5.08. The molecule has 156 valence electrons. The zero-order valence-corrected chi connectivity index (χ0v) is 18.5. The van der Waals surface area contributed by atoms with Crippen molar-refractivity contribution in [3.05, 3.63) is 81.7 Å². The number of aromatic nitrogens is 1. The zero-order valence-electron chi connectivity index (χ0n) is 17.7. The van der Waals surface area contributed by atoms with Crippen molar-refractivity contribution in [1.29, 1.82) is 0 Å². The molecule has 1 aromatic carbocycles. The molecule has 1 N–H and O–H groups in total. The van der Waals surface area contributed by atoms with E-state index in [0.29, 0.717) is 17.3 Å². The summed E-state index contributed by atoms with van der Waals surface area (Å²) in [5, 5.41) is 7.71. The molecular weight excluding hydrogens is 398 g/mol. The first-order valence-electron chi connectivity index (χ1n) is 10.1. The molecule has 0 saturated carbocycles. The molecule has 1 aromatic heterocycles. The van der Waals surface area contributed by atoms with Gasteiger partial charge >= 0.3 is 0 Å². The van der Waals surface area contributed by atoms with E-state index < -0.39 is 6.04 Å². The fourth-order valence-corrected chi connectivity index (χ4v) is 3.71. The highest BCUT2D eigenvalue weighted by Crippen LogP contribution is 2.39. The molecule has 0 saturated heterocycles. The first kappa shape index (κ1) is 21.8. The molecule has 5 nitrogen and oxygen atoms in total. The van der Waals surface area contributed by atoms with E-state index in [4.69, 9.17) is 21.1 Å². The third-order valence-electron chi connectivity index (χ3n) is 4.83. The highest BCUT2D eigenvalue weighted by Gasteiger charge is 2.31. The highest BCUT2D eigenvalue weighted by atomic mass is 35.5. The Labute approximate surface area is 182 Å². The Morgan fingerprint density at radius 3 is 2.47 bits per heavy atom. The minimum atomic E-state index is -0.485. The van der Waals surface area contributed by atoms with Crippen molar-refractivity contribution in [3.63, 3.8) is 0 Å². The summed E-state index contributed by atoms with van der Waals surface area (Å²) >= 11 is 6.11. The van der Waals surface area contributed by atoms with Crippen LogP contribution in [0.15, 0.2) is 63.7 Å². The molecule has 1 atom stereocenters. The second-order valence-electron chi connectivity index (χ2n) is 6.99. The molecule has 1 aliphatic rings. The summed E-state index contributed by atoms with van der Waals surface area (Å²) in [5.41, 5.74) is 5.29. The monoisotopic (exact) mass is 423 g/mol. The molecule has 1 amide bonds. The Hall–Kier alpha value is -2.92. The van der Waals surface area contributed by atoms with Gasteiger partial charge in [-0.1, -0.05) is 53.2 Å². The molecule has 6 heteroatoms. The molecule has 2 aromatic rings. The fourth-order valence-electron chi connectivity index (χ4n) is 3.58. The van der Waals surface area contributed by atoms with Crippen LogP contribution in [0.25, 0.3) is 5.57 Å². The maximum absolute atomic E-state index is 12.4. The van der Waals surface area contributed by atoms with Crippen molar-refractivity contribution in [2.75, 3.05) is 6.54 Å². The maximum atomic E-state index is 12.4. The van der Waals surface area contributed by atoms with Gasteiger partial charge in [0.15, 0.2) is 5.76 Å². The Kier molecular flexibility index (Phi) is 7.06. The van der Waals surface area contributed by atoms with Crippen molar-refractivity contribution < 1.29 is 9.32 Å². The minimum absolute atomic E-state index is 0.0798. The van der Waals surface area contributed by atoms with E-state index >= 15 is 0 Å². The van der Waals surface area contributed by atoms with E-state index in [1.54, 1.807) is 0 Å². The second kappa shape index (κ2) is 9.72. The van der Waals surface area contributed by atoms with Crippen LogP contribution >= 0.6 is 11.6 Å². The van der Waals surface area contributed by atoms with Gasteiger partial charge in [-0.2, -0.15) is 0 Å². The van der Waals surface area contributed by atoms with Gasteiger partial charge in [0.25, 0.3) is 0 Å². The molecule has 0 radical (unpaired) electrons. The number of aryl methyl sites for hydroxylation is 1. The molecule has 0 unspecified atom stereocenters. The number of carbonyl (C=O) groups is 1. The number of nitrogens with zero attached hydrogens (tertiary/aromatic N) is 2. The molecule has 30 heavy (non-hydrogen) atoms. The highest BCUT2D eigenvalue weighted by molar-refractivity contribution is 6.30. The smallest absolute Gasteiger partial charge is 0.222 e. The molecular formula is C24H26ClN3O2. The number of rotatable bonds is 6. The van der Waals surface area contributed by atoms with E-state index in [0.717, 1.165) is 33.7 Å². The number of amides is 1. The number of fused-ring (bicyclic) bond motifs is 1. The zero-order chi connectivity index (χ0) is 21.7. The number of aliphatic imine (C=N–C) groups is 1. The summed E-state index contributed by atoms with van der Waals surface area (Å²) < 4.78 is 5.71. The van der Waals surface area contributed by atoms with Crippen LogP contribution in [-0.2, 0) is 4.79 Å². The van der Waals surface area contributed by atoms with Gasteiger partial charge in [0.2, 0.25) is 5.91 Å². The van der Waals surface area contributed by atoms with Crippen LogP contribution in [-0.4, -0.2) is 23.3 Å².